The lowest BCUT2D eigenvalue weighted by Crippen LogP contribution is -2.26. The lowest BCUT2D eigenvalue weighted by atomic mass is 9.84. The van der Waals surface area contributed by atoms with Gasteiger partial charge < -0.3 is 4.74 Å². The highest BCUT2D eigenvalue weighted by Gasteiger charge is 2.44. The van der Waals surface area contributed by atoms with Crippen molar-refractivity contribution in [1.29, 1.82) is 0 Å². The van der Waals surface area contributed by atoms with Crippen molar-refractivity contribution < 1.29 is 26.7 Å². The molecule has 0 fully saturated rings. The third kappa shape index (κ3) is 3.39. The Balaban J connectivity index is 2.25. The average Bonchev–Trinajstić information content (AvgIpc) is 2.88. The van der Waals surface area contributed by atoms with Crippen LogP contribution in [-0.2, 0) is 19.4 Å². The molecule has 1 atom stereocenters. The van der Waals surface area contributed by atoms with Crippen LogP contribution in [0.15, 0.2) is 47.4 Å². The highest BCUT2D eigenvalue weighted by molar-refractivity contribution is 7.90. The minimum absolute atomic E-state index is 0.143. The smallest absolute Gasteiger partial charge is 0.340 e. The van der Waals surface area contributed by atoms with Gasteiger partial charge in [0.05, 0.1) is 10.5 Å². The van der Waals surface area contributed by atoms with Crippen LogP contribution >= 0.6 is 0 Å². The molecule has 3 rings (SSSR count). The van der Waals surface area contributed by atoms with E-state index in [9.17, 15) is 22.0 Å². The lowest BCUT2D eigenvalue weighted by molar-refractivity contribution is -0.143. The molecule has 1 aliphatic rings. The maximum Gasteiger partial charge on any atom is 0.340 e. The van der Waals surface area contributed by atoms with Gasteiger partial charge in [-0.15, -0.1) is 0 Å². The first-order valence-corrected chi connectivity index (χ1v) is 10.2. The molecule has 0 spiro atoms. The van der Waals surface area contributed by atoms with E-state index < -0.39 is 33.0 Å². The fraction of sp³-hybridized carbons (Fsp3) is 0.250. The summed E-state index contributed by atoms with van der Waals surface area (Å²) in [6, 6.07) is 9.29. The molecule has 0 saturated carbocycles. The van der Waals surface area contributed by atoms with Gasteiger partial charge in [-0.25, -0.2) is 22.0 Å². The number of benzene rings is 2. The van der Waals surface area contributed by atoms with Crippen molar-refractivity contribution in [3.63, 3.8) is 0 Å². The first-order valence-electron chi connectivity index (χ1n) is 8.31. The van der Waals surface area contributed by atoms with Gasteiger partial charge in [-0.3, -0.25) is 0 Å². The Morgan fingerprint density at radius 1 is 1.00 bits per heavy atom. The van der Waals surface area contributed by atoms with Crippen LogP contribution in [0.5, 0.6) is 0 Å². The van der Waals surface area contributed by atoms with Gasteiger partial charge >= 0.3 is 5.97 Å². The first kappa shape index (κ1) is 19.2. The molecule has 4 nitrogen and oxygen atoms in total. The molecule has 0 radical (unpaired) electrons. The van der Waals surface area contributed by atoms with Crippen molar-refractivity contribution in [1.82, 2.24) is 0 Å². The third-order valence-corrected chi connectivity index (χ3v) is 5.88. The number of rotatable bonds is 4. The molecule has 0 saturated heterocycles. The molecular formula is C20H18F2O4S. The van der Waals surface area contributed by atoms with Crippen molar-refractivity contribution in [2.45, 2.75) is 30.8 Å². The Labute approximate surface area is 156 Å². The SMILES string of the molecule is CC[C@]1(C)OC(=O)C(c2ccc(F)c(F)c2)=C1c1ccc(S(C)(=O)=O)cc1. The normalized spacial score (nSPS) is 20.1. The van der Waals surface area contributed by atoms with Gasteiger partial charge in [0.15, 0.2) is 21.5 Å². The Bertz CT molecular complexity index is 1060. The molecule has 2 aromatic rings. The second-order valence-electron chi connectivity index (χ2n) is 6.65. The maximum atomic E-state index is 13.7. The second-order valence-corrected chi connectivity index (χ2v) is 8.67. The van der Waals surface area contributed by atoms with Gasteiger partial charge in [-0.1, -0.05) is 25.1 Å². The van der Waals surface area contributed by atoms with Crippen LogP contribution in [0.25, 0.3) is 11.1 Å². The number of hydrogen-bond acceptors (Lipinski definition) is 4. The summed E-state index contributed by atoms with van der Waals surface area (Å²) in [5.74, 6) is -2.71. The van der Waals surface area contributed by atoms with E-state index in [-0.39, 0.29) is 16.0 Å². The molecule has 0 aliphatic carbocycles. The van der Waals surface area contributed by atoms with Crippen molar-refractivity contribution in [3.8, 4) is 0 Å². The van der Waals surface area contributed by atoms with E-state index in [1.54, 1.807) is 19.1 Å². The van der Waals surface area contributed by atoms with E-state index in [0.717, 1.165) is 18.4 Å². The van der Waals surface area contributed by atoms with Crippen LogP contribution in [0.3, 0.4) is 0 Å². The molecule has 2 aromatic carbocycles. The van der Waals surface area contributed by atoms with Crippen LogP contribution in [0.2, 0.25) is 0 Å². The predicted octanol–water partition coefficient (Wildman–Crippen LogP) is 4.00. The van der Waals surface area contributed by atoms with E-state index >= 15 is 0 Å². The number of carbonyl (C=O) groups is 1. The fourth-order valence-corrected chi connectivity index (χ4v) is 3.78. The Kier molecular flexibility index (Phi) is 4.67. The molecule has 142 valence electrons. The van der Waals surface area contributed by atoms with E-state index in [2.05, 4.69) is 0 Å². The zero-order valence-corrected chi connectivity index (χ0v) is 15.9. The van der Waals surface area contributed by atoms with Gasteiger partial charge in [0, 0.05) is 11.8 Å². The summed E-state index contributed by atoms with van der Waals surface area (Å²) in [6.07, 6.45) is 1.56. The predicted molar refractivity (Wildman–Crippen MR) is 97.5 cm³/mol. The van der Waals surface area contributed by atoms with Gasteiger partial charge in [0.2, 0.25) is 0 Å². The van der Waals surface area contributed by atoms with Gasteiger partial charge in [0.25, 0.3) is 0 Å². The topological polar surface area (TPSA) is 60.4 Å². The monoisotopic (exact) mass is 392 g/mol. The number of ether oxygens (including phenoxy) is 1. The third-order valence-electron chi connectivity index (χ3n) is 4.76. The van der Waals surface area contributed by atoms with Gasteiger partial charge in [0.1, 0.15) is 5.60 Å². The largest absolute Gasteiger partial charge is 0.451 e. The Morgan fingerprint density at radius 2 is 1.59 bits per heavy atom. The van der Waals surface area contributed by atoms with E-state index in [1.807, 2.05) is 6.92 Å². The lowest BCUT2D eigenvalue weighted by Gasteiger charge is -2.25. The van der Waals surface area contributed by atoms with Crippen molar-refractivity contribution in [2.75, 3.05) is 6.26 Å². The number of hydrogen-bond donors (Lipinski definition) is 0. The van der Waals surface area contributed by atoms with Crippen molar-refractivity contribution in [3.05, 3.63) is 65.2 Å². The highest BCUT2D eigenvalue weighted by atomic mass is 32.2. The van der Waals surface area contributed by atoms with Gasteiger partial charge in [-0.2, -0.15) is 0 Å². The molecule has 0 amide bonds. The molecular weight excluding hydrogens is 374 g/mol. The summed E-state index contributed by atoms with van der Waals surface area (Å²) in [6.45, 7) is 3.57. The van der Waals surface area contributed by atoms with E-state index in [0.29, 0.717) is 17.6 Å². The van der Waals surface area contributed by atoms with Crippen molar-refractivity contribution >= 4 is 27.0 Å². The molecule has 0 unspecified atom stereocenters. The molecule has 7 heteroatoms. The molecule has 1 aliphatic heterocycles. The summed E-state index contributed by atoms with van der Waals surface area (Å²) in [4.78, 5) is 12.7. The highest BCUT2D eigenvalue weighted by Crippen LogP contribution is 2.45. The Hall–Kier alpha value is -2.54. The number of sulfone groups is 1. The standard InChI is InChI=1S/C20H18F2O4S/c1-4-20(2)18(12-5-8-14(9-6-12)27(3,24)25)17(19(23)26-20)13-7-10-15(21)16(22)11-13/h5-11H,4H2,1-3H3/t20-/m0/s1. The summed E-state index contributed by atoms with van der Waals surface area (Å²) in [5.41, 5.74) is 0.478. The fourth-order valence-electron chi connectivity index (χ4n) is 3.15. The van der Waals surface area contributed by atoms with Crippen LogP contribution in [0.1, 0.15) is 31.4 Å². The van der Waals surface area contributed by atoms with Crippen LogP contribution in [-0.4, -0.2) is 26.2 Å². The first-order chi connectivity index (χ1) is 12.6. The number of carbonyl (C=O) groups excluding carboxylic acids is 1. The minimum Gasteiger partial charge on any atom is -0.451 e. The Morgan fingerprint density at radius 3 is 2.11 bits per heavy atom. The second kappa shape index (κ2) is 6.56. The maximum absolute atomic E-state index is 13.7. The van der Waals surface area contributed by atoms with Crippen LogP contribution < -0.4 is 0 Å². The molecule has 1 heterocycles. The van der Waals surface area contributed by atoms with Gasteiger partial charge in [-0.05, 0) is 48.7 Å². The van der Waals surface area contributed by atoms with E-state index in [4.69, 9.17) is 4.74 Å². The quantitative estimate of drug-likeness (QED) is 0.738. The number of cyclic esters (lactones) is 1. The summed E-state index contributed by atoms with van der Waals surface area (Å²) < 4.78 is 56.0. The molecule has 0 aromatic heterocycles. The van der Waals surface area contributed by atoms with Crippen molar-refractivity contribution in [2.24, 2.45) is 0 Å². The van der Waals surface area contributed by atoms with Crippen LogP contribution in [0, 0.1) is 11.6 Å². The number of esters is 1. The summed E-state index contributed by atoms with van der Waals surface area (Å²) in [7, 11) is -3.37. The zero-order valence-electron chi connectivity index (χ0n) is 15.0. The molecule has 0 N–H and O–H groups in total. The van der Waals surface area contributed by atoms with Crippen LogP contribution in [0.4, 0.5) is 8.78 Å². The number of halogens is 2. The molecule has 0 bridgehead atoms. The average molecular weight is 392 g/mol. The summed E-state index contributed by atoms with van der Waals surface area (Å²) >= 11 is 0. The minimum atomic E-state index is -3.37. The van der Waals surface area contributed by atoms with E-state index in [1.165, 1.54) is 18.2 Å². The zero-order chi connectivity index (χ0) is 20.0. The molecule has 27 heavy (non-hydrogen) atoms. The summed E-state index contributed by atoms with van der Waals surface area (Å²) in [5, 5.41) is 0.